The summed E-state index contributed by atoms with van der Waals surface area (Å²) in [5.41, 5.74) is -0.472. The number of esters is 1. The molecule has 1 unspecified atom stereocenters. The lowest BCUT2D eigenvalue weighted by atomic mass is 9.86. The normalized spacial score (nSPS) is 29.8. The van der Waals surface area contributed by atoms with Crippen molar-refractivity contribution in [2.24, 2.45) is 17.8 Å². The Morgan fingerprint density at radius 3 is 2.47 bits per heavy atom. The van der Waals surface area contributed by atoms with Crippen LogP contribution in [0.1, 0.15) is 57.5 Å². The van der Waals surface area contributed by atoms with Crippen LogP contribution in [0.2, 0.25) is 0 Å². The number of aromatic nitrogens is 1. The van der Waals surface area contributed by atoms with Gasteiger partial charge in [0.25, 0.3) is 11.7 Å². The van der Waals surface area contributed by atoms with E-state index in [1.165, 1.54) is 40.2 Å². The first-order chi connectivity index (χ1) is 29.4. The van der Waals surface area contributed by atoms with E-state index in [9.17, 15) is 29.4 Å². The van der Waals surface area contributed by atoms with Crippen molar-refractivity contribution in [2.75, 3.05) is 39.7 Å². The molecule has 7 bridgehead atoms. The lowest BCUT2D eigenvalue weighted by molar-refractivity contribution is -0.168. The molecule has 4 aliphatic heterocycles. The van der Waals surface area contributed by atoms with Gasteiger partial charge in [-0.15, -0.1) is 0 Å². The van der Waals surface area contributed by atoms with E-state index in [1.807, 2.05) is 38.9 Å². The van der Waals surface area contributed by atoms with Crippen LogP contribution in [0.3, 0.4) is 0 Å². The maximum absolute atomic E-state index is 14.8. The van der Waals surface area contributed by atoms with Gasteiger partial charge in [0, 0.05) is 61.8 Å². The van der Waals surface area contributed by atoms with Crippen molar-refractivity contribution in [1.82, 2.24) is 9.88 Å². The zero-order valence-electron chi connectivity index (χ0n) is 36.4. The molecule has 9 atom stereocenters. The molecule has 1 amide bonds. The van der Waals surface area contributed by atoms with Gasteiger partial charge in [0.15, 0.2) is 22.3 Å². The number of nitrogens with zero attached hydrogens (tertiary/aromatic N) is 2. The van der Waals surface area contributed by atoms with E-state index in [-0.39, 0.29) is 72.9 Å². The van der Waals surface area contributed by atoms with Crippen LogP contribution in [0.4, 0.5) is 5.69 Å². The Morgan fingerprint density at radius 2 is 1.77 bits per heavy atom. The third kappa shape index (κ3) is 7.80. The maximum atomic E-state index is 14.8. The van der Waals surface area contributed by atoms with Crippen LogP contribution in [0, 0.1) is 24.7 Å². The highest BCUT2D eigenvalue weighted by Crippen LogP contribution is 2.49. The van der Waals surface area contributed by atoms with Crippen LogP contribution < -0.4 is 20.2 Å². The fourth-order valence-corrected chi connectivity index (χ4v) is 8.43. The SMILES string of the molecule is CO[C@H]1/C=C/O[C@@]2(C)Oc3c(C)c(=O)c4c(O)c(c5oc6cccc(OCCN(C)C)c6nc5c4c3C2=O)NC(=O)/C(C)=C\C=C\[C@H](C)[C@@H]2O[C@@H](C(OC(C)=O)[C@@H]1C)[C@H](O)[C@@H]2C. The van der Waals surface area contributed by atoms with E-state index >= 15 is 0 Å². The molecule has 16 heteroatoms. The molecule has 4 aliphatic rings. The highest BCUT2D eigenvalue weighted by Gasteiger charge is 2.51. The molecule has 330 valence electrons. The van der Waals surface area contributed by atoms with E-state index in [0.717, 1.165) is 0 Å². The van der Waals surface area contributed by atoms with E-state index in [4.69, 9.17) is 37.8 Å². The lowest BCUT2D eigenvalue weighted by Gasteiger charge is -2.33. The average molecular weight is 856 g/mol. The van der Waals surface area contributed by atoms with Crippen molar-refractivity contribution in [3.8, 4) is 17.2 Å². The van der Waals surface area contributed by atoms with E-state index in [0.29, 0.717) is 18.9 Å². The number of carbonyl (C=O) groups is 3. The number of methoxy groups -OCH3 is 1. The summed E-state index contributed by atoms with van der Waals surface area (Å²) in [6.07, 6.45) is 3.61. The number of amides is 1. The number of phenolic OH excluding ortho intramolecular Hbond substituents is 1. The number of ether oxygens (including phenoxy) is 6. The van der Waals surface area contributed by atoms with E-state index < -0.39 is 71.1 Å². The Bertz CT molecular complexity index is 2610. The summed E-state index contributed by atoms with van der Waals surface area (Å²) in [5.74, 6) is -5.63. The summed E-state index contributed by atoms with van der Waals surface area (Å²) >= 11 is 0. The number of anilines is 1. The number of carbonyl (C=O) groups excluding carboxylic acids is 3. The maximum Gasteiger partial charge on any atom is 0.312 e. The number of fused-ring (bicyclic) bond motifs is 9. The monoisotopic (exact) mass is 855 g/mol. The number of Topliss-reactive ketones (excluding diaryl/α,β-unsaturated/α-hetero) is 1. The molecule has 5 heterocycles. The zero-order valence-corrected chi connectivity index (χ0v) is 36.4. The van der Waals surface area contributed by atoms with Crippen LogP contribution in [0.5, 0.6) is 17.2 Å². The summed E-state index contributed by atoms with van der Waals surface area (Å²) in [6.45, 7) is 12.1. The molecule has 8 rings (SSSR count). The van der Waals surface area contributed by atoms with Gasteiger partial charge in [-0.25, -0.2) is 4.98 Å². The molecule has 62 heavy (non-hydrogen) atoms. The number of aliphatic hydroxyl groups excluding tert-OH is 1. The number of hydrogen-bond donors (Lipinski definition) is 3. The van der Waals surface area contributed by atoms with Gasteiger partial charge in [-0.2, -0.15) is 0 Å². The molecule has 0 radical (unpaired) electrons. The molecule has 3 N–H and O–H groups in total. The molecule has 0 spiro atoms. The van der Waals surface area contributed by atoms with Crippen molar-refractivity contribution >= 4 is 56.3 Å². The third-order valence-corrected chi connectivity index (χ3v) is 12.0. The molecule has 0 saturated carbocycles. The highest BCUT2D eigenvalue weighted by atomic mass is 16.7. The quantitative estimate of drug-likeness (QED) is 0.0920. The number of hydrogen-bond acceptors (Lipinski definition) is 15. The first-order valence-corrected chi connectivity index (χ1v) is 20.5. The predicted molar refractivity (Wildman–Crippen MR) is 229 cm³/mol. The van der Waals surface area contributed by atoms with Crippen LogP contribution in [-0.2, 0) is 28.5 Å². The number of likely N-dealkylation sites (N-methyl/N-ethyl adjacent to an activating group) is 1. The van der Waals surface area contributed by atoms with Gasteiger partial charge in [-0.1, -0.05) is 45.1 Å². The number of aromatic hydroxyl groups is 1. The molecule has 1 aromatic heterocycles. The van der Waals surface area contributed by atoms with E-state index in [2.05, 4.69) is 5.32 Å². The number of allylic oxidation sites excluding steroid dienone is 2. The van der Waals surface area contributed by atoms with Crippen LogP contribution in [-0.4, -0.2) is 108 Å². The van der Waals surface area contributed by atoms with Crippen LogP contribution in [0.25, 0.3) is 33.0 Å². The standard InChI is InChI=1S/C46H53N3O13/c1-21-13-11-14-22(2)45(55)48-35-38(53)31-30(34-42(35)60-29-16-12-15-28(33(29)47-34)57-20-18-49(8)9)32-40(24(4)36(31)51)62-46(7,44(32)54)58-19-17-27(56-10)23(3)41(59-26(6)50)43-37(52)25(5)39(21)61-43/h11-17,19,21,23,25,27,37,39,41,43,52-53H,18,20H2,1-10H3,(H,48,55)/b13-11+,19-17+,22-14-/t21-,23+,25-,27-,37+,39-,41?,43+,46-/m0/s1. The van der Waals surface area contributed by atoms with Crippen LogP contribution >= 0.6 is 0 Å². The second kappa shape index (κ2) is 17.2. The second-order valence-electron chi connectivity index (χ2n) is 16.7. The topological polar surface area (TPSA) is 205 Å². The Morgan fingerprint density at radius 1 is 1.03 bits per heavy atom. The summed E-state index contributed by atoms with van der Waals surface area (Å²) < 4.78 is 42.9. The Labute approximate surface area is 358 Å². The van der Waals surface area contributed by atoms with Gasteiger partial charge in [-0.3, -0.25) is 19.2 Å². The number of aliphatic hydroxyl groups is 1. The second-order valence-corrected chi connectivity index (χ2v) is 16.7. The van der Waals surface area contributed by atoms with Gasteiger partial charge in [0.05, 0.1) is 35.5 Å². The largest absolute Gasteiger partial charge is 0.505 e. The first kappa shape index (κ1) is 44.3. The fraction of sp³-hybridized carbons (Fsp3) is 0.457. The smallest absolute Gasteiger partial charge is 0.312 e. The van der Waals surface area contributed by atoms with E-state index in [1.54, 1.807) is 44.2 Å². The molecule has 4 aromatic rings. The van der Waals surface area contributed by atoms with Crippen molar-refractivity contribution in [3.63, 3.8) is 0 Å². The summed E-state index contributed by atoms with van der Waals surface area (Å²) in [7, 11) is 5.27. The highest BCUT2D eigenvalue weighted by molar-refractivity contribution is 6.26. The number of nitrogens with one attached hydrogen (secondary N) is 1. The Balaban J connectivity index is 1.45. The molecule has 1 saturated heterocycles. The summed E-state index contributed by atoms with van der Waals surface area (Å²) in [5, 5.41) is 25.9. The number of benzene rings is 3. The van der Waals surface area contributed by atoms with Crippen molar-refractivity contribution in [3.05, 3.63) is 75.7 Å². The molecular weight excluding hydrogens is 803 g/mol. The molecule has 0 aliphatic carbocycles. The van der Waals surface area contributed by atoms with Crippen molar-refractivity contribution in [2.45, 2.75) is 84.8 Å². The predicted octanol–water partition coefficient (Wildman–Crippen LogP) is 5.71. The van der Waals surface area contributed by atoms with Gasteiger partial charge in [-0.05, 0) is 46.2 Å². The number of ketones is 1. The minimum atomic E-state index is -2.04. The summed E-state index contributed by atoms with van der Waals surface area (Å²) in [4.78, 5) is 62.4. The first-order valence-electron chi connectivity index (χ1n) is 20.5. The van der Waals surface area contributed by atoms with Gasteiger partial charge in [0.2, 0.25) is 0 Å². The minimum Gasteiger partial charge on any atom is -0.505 e. The zero-order chi connectivity index (χ0) is 44.9. The van der Waals surface area contributed by atoms with Crippen molar-refractivity contribution in [1.29, 1.82) is 0 Å². The number of phenols is 1. The Kier molecular flexibility index (Phi) is 12.2. The number of rotatable bonds is 6. The minimum absolute atomic E-state index is 0.00502. The number of para-hydroxylation sites is 1. The van der Waals surface area contributed by atoms with Crippen LogP contribution in [0.15, 0.2) is 63.6 Å². The Hall–Kier alpha value is -5.81. The molecule has 16 nitrogen and oxygen atoms in total. The molecule has 3 aromatic carbocycles. The van der Waals surface area contributed by atoms with Gasteiger partial charge < -0.3 is 53.3 Å². The fourth-order valence-electron chi connectivity index (χ4n) is 8.43. The van der Waals surface area contributed by atoms with Gasteiger partial charge in [0.1, 0.15) is 47.0 Å². The van der Waals surface area contributed by atoms with Gasteiger partial charge >= 0.3 is 11.8 Å². The molecular formula is C46H53N3O13. The third-order valence-electron chi connectivity index (χ3n) is 12.0. The lowest BCUT2D eigenvalue weighted by Crippen LogP contribution is -2.46. The van der Waals surface area contributed by atoms with Crippen molar-refractivity contribution < 1.29 is 57.4 Å². The average Bonchev–Trinajstić information content (AvgIpc) is 3.67. The molecule has 1 fully saturated rings. The summed E-state index contributed by atoms with van der Waals surface area (Å²) in [6, 6.07) is 5.06.